The van der Waals surface area contributed by atoms with E-state index in [1.165, 1.54) is 0 Å². The van der Waals surface area contributed by atoms with Crippen LogP contribution >= 0.6 is 23.2 Å². The van der Waals surface area contributed by atoms with E-state index in [1.54, 1.807) is 12.4 Å². The summed E-state index contributed by atoms with van der Waals surface area (Å²) in [6.07, 6.45) is 3.32. The van der Waals surface area contributed by atoms with Gasteiger partial charge >= 0.3 is 0 Å². The molecule has 0 aliphatic carbocycles. The van der Waals surface area contributed by atoms with E-state index in [1.807, 2.05) is 23.7 Å². The molecule has 2 rings (SSSR count). The zero-order valence-corrected chi connectivity index (χ0v) is 13.3. The van der Waals surface area contributed by atoms with Gasteiger partial charge in [-0.05, 0) is 32.5 Å². The van der Waals surface area contributed by atoms with Crippen molar-refractivity contribution in [3.05, 3.63) is 46.0 Å². The summed E-state index contributed by atoms with van der Waals surface area (Å²) in [5.41, 5.74) is 1.80. The standard InChI is InChI=1S/C14H18Cl2N4/c1-4-17-13(12-6-5-10(15)7-18-12)14-11(16)8-19-20(14)9(2)3/h5-9,13,17H,4H2,1-3H3. The average Bonchev–Trinajstić information content (AvgIpc) is 2.79. The maximum absolute atomic E-state index is 6.32. The normalized spacial score (nSPS) is 12.9. The average molecular weight is 313 g/mol. The molecule has 0 radical (unpaired) electrons. The Morgan fingerprint density at radius 3 is 2.55 bits per heavy atom. The summed E-state index contributed by atoms with van der Waals surface area (Å²) >= 11 is 12.2. The predicted octanol–water partition coefficient (Wildman–Crippen LogP) is 3.86. The summed E-state index contributed by atoms with van der Waals surface area (Å²) in [6, 6.07) is 3.86. The lowest BCUT2D eigenvalue weighted by Crippen LogP contribution is -2.26. The first-order valence-corrected chi connectivity index (χ1v) is 7.38. The maximum Gasteiger partial charge on any atom is 0.0937 e. The Labute approximate surface area is 129 Å². The Morgan fingerprint density at radius 1 is 1.25 bits per heavy atom. The second-order valence-corrected chi connectivity index (χ2v) is 5.65. The van der Waals surface area contributed by atoms with Crippen LogP contribution in [0.2, 0.25) is 10.0 Å². The first kappa shape index (κ1) is 15.3. The minimum Gasteiger partial charge on any atom is -0.304 e. The lowest BCUT2D eigenvalue weighted by Gasteiger charge is -2.21. The Kier molecular flexibility index (Phi) is 5.02. The van der Waals surface area contributed by atoms with Crippen molar-refractivity contribution in [1.82, 2.24) is 20.1 Å². The maximum atomic E-state index is 6.32. The first-order valence-electron chi connectivity index (χ1n) is 6.62. The predicted molar refractivity (Wildman–Crippen MR) is 82.4 cm³/mol. The highest BCUT2D eigenvalue weighted by atomic mass is 35.5. The van der Waals surface area contributed by atoms with Crippen LogP contribution in [0.25, 0.3) is 0 Å². The lowest BCUT2D eigenvalue weighted by molar-refractivity contribution is 0.473. The van der Waals surface area contributed by atoms with Gasteiger partial charge in [0.1, 0.15) is 0 Å². The van der Waals surface area contributed by atoms with Gasteiger partial charge in [0, 0.05) is 12.2 Å². The summed E-state index contributed by atoms with van der Waals surface area (Å²) < 4.78 is 1.92. The van der Waals surface area contributed by atoms with Crippen molar-refractivity contribution >= 4 is 23.2 Å². The highest BCUT2D eigenvalue weighted by Gasteiger charge is 2.23. The summed E-state index contributed by atoms with van der Waals surface area (Å²) in [6.45, 7) is 7.00. The van der Waals surface area contributed by atoms with Crippen molar-refractivity contribution in [2.24, 2.45) is 0 Å². The van der Waals surface area contributed by atoms with Crippen molar-refractivity contribution in [2.75, 3.05) is 6.54 Å². The highest BCUT2D eigenvalue weighted by molar-refractivity contribution is 6.31. The smallest absolute Gasteiger partial charge is 0.0937 e. The Balaban J connectivity index is 2.48. The second-order valence-electron chi connectivity index (χ2n) is 4.81. The van der Waals surface area contributed by atoms with E-state index >= 15 is 0 Å². The number of hydrogen-bond donors (Lipinski definition) is 1. The van der Waals surface area contributed by atoms with Crippen LogP contribution in [0.3, 0.4) is 0 Å². The van der Waals surface area contributed by atoms with Crippen molar-refractivity contribution in [3.63, 3.8) is 0 Å². The van der Waals surface area contributed by atoms with Crippen molar-refractivity contribution in [1.29, 1.82) is 0 Å². The lowest BCUT2D eigenvalue weighted by atomic mass is 10.1. The van der Waals surface area contributed by atoms with E-state index in [0.717, 1.165) is 17.9 Å². The van der Waals surface area contributed by atoms with Crippen LogP contribution in [0.4, 0.5) is 0 Å². The topological polar surface area (TPSA) is 42.7 Å². The SMILES string of the molecule is CCNC(c1ccc(Cl)cn1)c1c(Cl)cnn1C(C)C. The number of nitrogens with zero attached hydrogens (tertiary/aromatic N) is 3. The fourth-order valence-corrected chi connectivity index (χ4v) is 2.49. The van der Waals surface area contributed by atoms with Gasteiger partial charge in [-0.3, -0.25) is 9.67 Å². The molecule has 0 aromatic carbocycles. The van der Waals surface area contributed by atoms with Crippen LogP contribution in [0.1, 0.15) is 44.2 Å². The fourth-order valence-electron chi connectivity index (χ4n) is 2.14. The van der Waals surface area contributed by atoms with E-state index in [9.17, 15) is 0 Å². The van der Waals surface area contributed by atoms with Crippen molar-refractivity contribution in [3.8, 4) is 0 Å². The molecule has 1 unspecified atom stereocenters. The van der Waals surface area contributed by atoms with Gasteiger partial charge in [-0.15, -0.1) is 0 Å². The van der Waals surface area contributed by atoms with E-state index in [-0.39, 0.29) is 12.1 Å². The van der Waals surface area contributed by atoms with Crippen LogP contribution in [0.15, 0.2) is 24.5 Å². The monoisotopic (exact) mass is 312 g/mol. The molecule has 0 amide bonds. The molecule has 6 heteroatoms. The zero-order chi connectivity index (χ0) is 14.7. The molecule has 2 aromatic rings. The molecular weight excluding hydrogens is 295 g/mol. The van der Waals surface area contributed by atoms with Crippen LogP contribution in [-0.2, 0) is 0 Å². The summed E-state index contributed by atoms with van der Waals surface area (Å²) in [7, 11) is 0. The van der Waals surface area contributed by atoms with Gasteiger partial charge in [0.15, 0.2) is 0 Å². The molecule has 2 aromatic heterocycles. The quantitative estimate of drug-likeness (QED) is 0.911. The summed E-state index contributed by atoms with van der Waals surface area (Å²) in [5, 5.41) is 9.02. The van der Waals surface area contributed by atoms with Gasteiger partial charge in [-0.2, -0.15) is 5.10 Å². The van der Waals surface area contributed by atoms with E-state index in [2.05, 4.69) is 29.2 Å². The third kappa shape index (κ3) is 3.14. The van der Waals surface area contributed by atoms with Crippen LogP contribution in [0.5, 0.6) is 0 Å². The zero-order valence-electron chi connectivity index (χ0n) is 11.8. The molecular formula is C14H18Cl2N4. The summed E-state index contributed by atoms with van der Waals surface area (Å²) in [5.74, 6) is 0. The molecule has 0 aliphatic rings. The molecule has 0 saturated heterocycles. The Morgan fingerprint density at radius 2 is 2.00 bits per heavy atom. The van der Waals surface area contributed by atoms with Gasteiger partial charge in [0.2, 0.25) is 0 Å². The molecule has 108 valence electrons. The van der Waals surface area contributed by atoms with Crippen molar-refractivity contribution in [2.45, 2.75) is 32.9 Å². The second kappa shape index (κ2) is 6.57. The van der Waals surface area contributed by atoms with Crippen LogP contribution in [-0.4, -0.2) is 21.3 Å². The summed E-state index contributed by atoms with van der Waals surface area (Å²) in [4.78, 5) is 4.40. The van der Waals surface area contributed by atoms with Gasteiger partial charge in [0.05, 0.1) is 33.7 Å². The first-order chi connectivity index (χ1) is 9.54. The molecule has 2 heterocycles. The van der Waals surface area contributed by atoms with Gasteiger partial charge < -0.3 is 5.32 Å². The van der Waals surface area contributed by atoms with Crippen molar-refractivity contribution < 1.29 is 0 Å². The largest absolute Gasteiger partial charge is 0.304 e. The highest BCUT2D eigenvalue weighted by Crippen LogP contribution is 2.29. The molecule has 4 nitrogen and oxygen atoms in total. The van der Waals surface area contributed by atoms with E-state index in [0.29, 0.717) is 10.0 Å². The van der Waals surface area contributed by atoms with Gasteiger partial charge in [-0.25, -0.2) is 0 Å². The molecule has 0 saturated carbocycles. The molecule has 0 aliphatic heterocycles. The number of hydrogen-bond acceptors (Lipinski definition) is 3. The number of aromatic nitrogens is 3. The van der Waals surface area contributed by atoms with E-state index < -0.39 is 0 Å². The number of pyridine rings is 1. The van der Waals surface area contributed by atoms with Crippen LogP contribution < -0.4 is 5.32 Å². The number of halogens is 2. The fraction of sp³-hybridized carbons (Fsp3) is 0.429. The Hall–Kier alpha value is -1.10. The minimum absolute atomic E-state index is 0.102. The van der Waals surface area contributed by atoms with E-state index in [4.69, 9.17) is 23.2 Å². The molecule has 0 spiro atoms. The molecule has 20 heavy (non-hydrogen) atoms. The van der Waals surface area contributed by atoms with Gasteiger partial charge in [0.25, 0.3) is 0 Å². The number of rotatable bonds is 5. The third-order valence-corrected chi connectivity index (χ3v) is 3.52. The third-order valence-electron chi connectivity index (χ3n) is 3.00. The minimum atomic E-state index is -0.102. The molecule has 0 bridgehead atoms. The number of nitrogens with one attached hydrogen (secondary N) is 1. The van der Waals surface area contributed by atoms with Gasteiger partial charge in [-0.1, -0.05) is 30.1 Å². The molecule has 1 N–H and O–H groups in total. The van der Waals surface area contributed by atoms with Crippen LogP contribution in [0, 0.1) is 0 Å². The molecule has 0 fully saturated rings. The molecule has 1 atom stereocenters. The Bertz CT molecular complexity index is 563.